The molecule has 0 spiro atoms. The fraction of sp³-hybridized carbons (Fsp3) is 0.833. The third-order valence-electron chi connectivity index (χ3n) is 3.95. The number of rotatable bonds is 6. The smallest absolute Gasteiger partial charge is 0.329 e. The highest BCUT2D eigenvalue weighted by Gasteiger charge is 2.45. The van der Waals surface area contributed by atoms with Crippen molar-refractivity contribution in [3.05, 3.63) is 0 Å². The minimum Gasteiger partial charge on any atom is -0.480 e. The quantitative estimate of drug-likeness (QED) is 0.660. The number of carboxylic acids is 1. The van der Waals surface area contributed by atoms with Gasteiger partial charge in [-0.2, -0.15) is 4.31 Å². The highest BCUT2D eigenvalue weighted by Crippen LogP contribution is 2.32. The highest BCUT2D eigenvalue weighted by atomic mass is 32.2. The number of carboxylic acid groups (broad SMARTS) is 1. The molecule has 1 aliphatic heterocycles. The monoisotopic (exact) mass is 320 g/mol. The lowest BCUT2D eigenvalue weighted by molar-refractivity contribution is -0.151. The summed E-state index contributed by atoms with van der Waals surface area (Å²) in [6.45, 7) is 1.30. The number of amides is 1. The second-order valence-corrected chi connectivity index (χ2v) is 7.45. The molecular formula is C12H20N2O6S. The molecule has 1 aliphatic carbocycles. The Hall–Kier alpha value is -1.19. The van der Waals surface area contributed by atoms with Gasteiger partial charge in [0.15, 0.2) is 0 Å². The van der Waals surface area contributed by atoms with Crippen molar-refractivity contribution in [2.75, 3.05) is 32.1 Å². The van der Waals surface area contributed by atoms with Crippen LogP contribution in [0.5, 0.6) is 0 Å². The van der Waals surface area contributed by atoms with E-state index in [1.807, 2.05) is 0 Å². The zero-order chi connectivity index (χ0) is 15.5. The van der Waals surface area contributed by atoms with E-state index in [4.69, 9.17) is 9.84 Å². The maximum Gasteiger partial charge on any atom is 0.329 e. The van der Waals surface area contributed by atoms with Gasteiger partial charge in [-0.25, -0.2) is 13.2 Å². The fourth-order valence-electron chi connectivity index (χ4n) is 2.43. The first-order valence-corrected chi connectivity index (χ1v) is 8.57. The van der Waals surface area contributed by atoms with E-state index in [0.717, 1.165) is 6.42 Å². The summed E-state index contributed by atoms with van der Waals surface area (Å²) in [4.78, 5) is 22.9. The van der Waals surface area contributed by atoms with Crippen LogP contribution in [-0.2, 0) is 24.3 Å². The number of morpholine rings is 1. The van der Waals surface area contributed by atoms with Gasteiger partial charge in [0.25, 0.3) is 0 Å². The Morgan fingerprint density at radius 1 is 1.24 bits per heavy atom. The maximum atomic E-state index is 12.0. The lowest BCUT2D eigenvalue weighted by Crippen LogP contribution is -2.59. The zero-order valence-electron chi connectivity index (χ0n) is 11.7. The van der Waals surface area contributed by atoms with Crippen molar-refractivity contribution in [2.45, 2.75) is 31.2 Å². The van der Waals surface area contributed by atoms with Crippen molar-refractivity contribution >= 4 is 21.9 Å². The first-order chi connectivity index (χ1) is 9.86. The van der Waals surface area contributed by atoms with Crippen LogP contribution in [-0.4, -0.2) is 67.3 Å². The summed E-state index contributed by atoms with van der Waals surface area (Å²) < 4.78 is 30.5. The van der Waals surface area contributed by atoms with Gasteiger partial charge in [-0.05, 0) is 19.3 Å². The molecule has 1 heterocycles. The van der Waals surface area contributed by atoms with Crippen LogP contribution in [0.2, 0.25) is 0 Å². The molecule has 0 unspecified atom stereocenters. The average Bonchev–Trinajstić information content (AvgIpc) is 2.41. The van der Waals surface area contributed by atoms with Crippen LogP contribution in [0.1, 0.15) is 25.7 Å². The Morgan fingerprint density at radius 3 is 2.33 bits per heavy atom. The minimum absolute atomic E-state index is 0.227. The molecule has 0 aromatic carbocycles. The van der Waals surface area contributed by atoms with Crippen molar-refractivity contribution in [3.63, 3.8) is 0 Å². The first-order valence-electron chi connectivity index (χ1n) is 6.96. The summed E-state index contributed by atoms with van der Waals surface area (Å²) in [6, 6.07) is 0. The van der Waals surface area contributed by atoms with Gasteiger partial charge in [0, 0.05) is 19.5 Å². The Bertz CT molecular complexity index is 508. The molecule has 1 saturated heterocycles. The summed E-state index contributed by atoms with van der Waals surface area (Å²) in [5.74, 6) is -1.90. The molecule has 2 N–H and O–H groups in total. The normalized spacial score (nSPS) is 22.3. The second-order valence-electron chi connectivity index (χ2n) is 5.37. The van der Waals surface area contributed by atoms with Crippen molar-refractivity contribution in [1.82, 2.24) is 9.62 Å². The molecule has 0 aromatic heterocycles. The number of carbonyl (C=O) groups excluding carboxylic acids is 1. The van der Waals surface area contributed by atoms with E-state index in [9.17, 15) is 18.0 Å². The number of hydrogen-bond donors (Lipinski definition) is 2. The van der Waals surface area contributed by atoms with E-state index >= 15 is 0 Å². The van der Waals surface area contributed by atoms with Gasteiger partial charge in [-0.3, -0.25) is 4.79 Å². The average molecular weight is 320 g/mol. The molecule has 0 radical (unpaired) electrons. The topological polar surface area (TPSA) is 113 Å². The molecule has 1 amide bonds. The molecule has 0 atom stereocenters. The minimum atomic E-state index is -3.50. The standard InChI is InChI=1S/C12H20N2O6S/c15-10(13-12(11(16)17)3-1-4-12)2-9-21(18,19)14-5-7-20-8-6-14/h1-9H2,(H,13,15)(H,16,17). The first kappa shape index (κ1) is 16.2. The van der Waals surface area contributed by atoms with Crippen LogP contribution < -0.4 is 5.32 Å². The van der Waals surface area contributed by atoms with Crippen LogP contribution in [0.4, 0.5) is 0 Å². The predicted molar refractivity (Wildman–Crippen MR) is 73.2 cm³/mol. The van der Waals surface area contributed by atoms with Crippen LogP contribution >= 0.6 is 0 Å². The van der Waals surface area contributed by atoms with Crippen LogP contribution in [0.3, 0.4) is 0 Å². The van der Waals surface area contributed by atoms with Crippen LogP contribution in [0, 0.1) is 0 Å². The van der Waals surface area contributed by atoms with Crippen molar-refractivity contribution in [1.29, 1.82) is 0 Å². The Labute approximate surface area is 123 Å². The summed E-state index contributed by atoms with van der Waals surface area (Å²) in [7, 11) is -3.50. The lowest BCUT2D eigenvalue weighted by Gasteiger charge is -2.38. The molecule has 2 aliphatic rings. The van der Waals surface area contributed by atoms with E-state index < -0.39 is 27.4 Å². The Kier molecular flexibility index (Phi) is 4.84. The molecule has 2 fully saturated rings. The van der Waals surface area contributed by atoms with E-state index in [0.29, 0.717) is 39.1 Å². The van der Waals surface area contributed by atoms with Gasteiger partial charge in [0.05, 0.1) is 19.0 Å². The molecular weight excluding hydrogens is 300 g/mol. The van der Waals surface area contributed by atoms with Gasteiger partial charge in [-0.1, -0.05) is 0 Å². The summed E-state index contributed by atoms with van der Waals surface area (Å²) >= 11 is 0. The zero-order valence-corrected chi connectivity index (χ0v) is 12.5. The van der Waals surface area contributed by atoms with Crippen molar-refractivity contribution in [2.24, 2.45) is 0 Å². The van der Waals surface area contributed by atoms with Gasteiger partial charge in [0.1, 0.15) is 5.54 Å². The van der Waals surface area contributed by atoms with Crippen LogP contribution in [0.15, 0.2) is 0 Å². The fourth-order valence-corrected chi connectivity index (χ4v) is 3.83. The van der Waals surface area contributed by atoms with Crippen LogP contribution in [0.25, 0.3) is 0 Å². The highest BCUT2D eigenvalue weighted by molar-refractivity contribution is 7.89. The van der Waals surface area contributed by atoms with Gasteiger partial charge >= 0.3 is 5.97 Å². The van der Waals surface area contributed by atoms with E-state index in [1.54, 1.807) is 0 Å². The predicted octanol–water partition coefficient (Wildman–Crippen LogP) is -0.838. The van der Waals surface area contributed by atoms with Crippen molar-refractivity contribution < 1.29 is 27.9 Å². The molecule has 0 aromatic rings. The Balaban J connectivity index is 1.84. The molecule has 9 heteroatoms. The molecule has 21 heavy (non-hydrogen) atoms. The molecule has 2 rings (SSSR count). The summed E-state index contributed by atoms with van der Waals surface area (Å²) in [6.07, 6.45) is 1.31. The lowest BCUT2D eigenvalue weighted by atomic mass is 9.76. The summed E-state index contributed by atoms with van der Waals surface area (Å²) in [5.41, 5.74) is -1.19. The largest absolute Gasteiger partial charge is 0.480 e. The SMILES string of the molecule is O=C(CCS(=O)(=O)N1CCOCC1)NC1(C(=O)O)CCC1. The number of nitrogens with zero attached hydrogens (tertiary/aromatic N) is 1. The number of nitrogens with one attached hydrogen (secondary N) is 1. The number of carbonyl (C=O) groups is 2. The van der Waals surface area contributed by atoms with Gasteiger partial charge < -0.3 is 15.2 Å². The van der Waals surface area contributed by atoms with E-state index in [-0.39, 0.29) is 12.2 Å². The molecule has 120 valence electrons. The molecule has 0 bridgehead atoms. The van der Waals surface area contributed by atoms with Gasteiger partial charge in [0.2, 0.25) is 15.9 Å². The Morgan fingerprint density at radius 2 is 1.86 bits per heavy atom. The van der Waals surface area contributed by atoms with Gasteiger partial charge in [-0.15, -0.1) is 0 Å². The number of ether oxygens (including phenoxy) is 1. The molecule has 8 nitrogen and oxygen atoms in total. The van der Waals surface area contributed by atoms with E-state index in [1.165, 1.54) is 4.31 Å². The third-order valence-corrected chi connectivity index (χ3v) is 5.82. The molecule has 1 saturated carbocycles. The van der Waals surface area contributed by atoms with Crippen molar-refractivity contribution in [3.8, 4) is 0 Å². The van der Waals surface area contributed by atoms with E-state index in [2.05, 4.69) is 5.32 Å². The summed E-state index contributed by atoms with van der Waals surface area (Å²) in [5, 5.41) is 11.6. The second kappa shape index (κ2) is 6.29. The number of aliphatic carboxylic acids is 1. The number of sulfonamides is 1. The number of hydrogen-bond acceptors (Lipinski definition) is 5. The maximum absolute atomic E-state index is 12.0. The third kappa shape index (κ3) is 3.72.